The van der Waals surface area contributed by atoms with Gasteiger partial charge in [0.1, 0.15) is 5.75 Å². The maximum absolute atomic E-state index is 12.5. The van der Waals surface area contributed by atoms with Gasteiger partial charge in [-0.2, -0.15) is 0 Å². The van der Waals surface area contributed by atoms with Gasteiger partial charge in [0.2, 0.25) is 5.91 Å². The molecule has 0 radical (unpaired) electrons. The zero-order valence-corrected chi connectivity index (χ0v) is 15.2. The molecule has 0 fully saturated rings. The number of amides is 2. The largest absolute Gasteiger partial charge is 0.497 e. The van der Waals surface area contributed by atoms with Gasteiger partial charge >= 0.3 is 0 Å². The number of methoxy groups -OCH3 is 1. The van der Waals surface area contributed by atoms with Crippen molar-refractivity contribution in [2.75, 3.05) is 12.4 Å². The molecule has 0 aliphatic heterocycles. The predicted octanol–water partition coefficient (Wildman–Crippen LogP) is 2.26. The molecule has 28 heavy (non-hydrogen) atoms. The first kappa shape index (κ1) is 18.9. The number of rotatable bonds is 6. The van der Waals surface area contributed by atoms with E-state index in [4.69, 9.17) is 10.5 Å². The number of carbonyl (C=O) groups is 2. The third-order valence-electron chi connectivity index (χ3n) is 4.18. The van der Waals surface area contributed by atoms with E-state index in [1.807, 2.05) is 24.3 Å². The summed E-state index contributed by atoms with van der Waals surface area (Å²) in [7, 11) is 1.59. The Kier molecular flexibility index (Phi) is 5.55. The monoisotopic (exact) mass is 377 g/mol. The molecule has 1 aromatic heterocycles. The molecule has 2 aromatic carbocycles. The van der Waals surface area contributed by atoms with Gasteiger partial charge in [0, 0.05) is 23.5 Å². The topological polar surface area (TPSA) is 103 Å². The van der Waals surface area contributed by atoms with E-state index < -0.39 is 5.91 Å². The summed E-state index contributed by atoms with van der Waals surface area (Å²) >= 11 is 0. The Morgan fingerprint density at radius 3 is 2.21 bits per heavy atom. The molecule has 7 nitrogen and oxygen atoms in total. The Morgan fingerprint density at radius 1 is 0.964 bits per heavy atom. The number of ether oxygens (including phenoxy) is 1. The fraction of sp³-hybridized carbons (Fsp3) is 0.0952. The maximum atomic E-state index is 12.5. The second-order valence-electron chi connectivity index (χ2n) is 6.13. The van der Waals surface area contributed by atoms with Crippen LogP contribution in [0.4, 0.5) is 5.69 Å². The zero-order chi connectivity index (χ0) is 20.1. The number of primary amides is 1. The number of carbonyl (C=O) groups excluding carboxylic acids is 2. The summed E-state index contributed by atoms with van der Waals surface area (Å²) in [5, 5.41) is 2.73. The van der Waals surface area contributed by atoms with Gasteiger partial charge in [-0.3, -0.25) is 14.4 Å². The quantitative estimate of drug-likeness (QED) is 0.688. The number of benzene rings is 2. The van der Waals surface area contributed by atoms with Gasteiger partial charge in [-0.25, -0.2) is 0 Å². The molecule has 2 amide bonds. The number of aromatic nitrogens is 1. The lowest BCUT2D eigenvalue weighted by Crippen LogP contribution is -2.22. The molecule has 3 aromatic rings. The summed E-state index contributed by atoms with van der Waals surface area (Å²) in [6, 6.07) is 16.4. The molecule has 0 spiro atoms. The smallest absolute Gasteiger partial charge is 0.257 e. The molecule has 0 atom stereocenters. The van der Waals surface area contributed by atoms with Crippen molar-refractivity contribution in [1.82, 2.24) is 4.57 Å². The predicted molar refractivity (Wildman–Crippen MR) is 106 cm³/mol. The van der Waals surface area contributed by atoms with Crippen LogP contribution in [0.15, 0.2) is 71.7 Å². The highest BCUT2D eigenvalue weighted by molar-refractivity contribution is 6.04. The molecule has 0 saturated heterocycles. The van der Waals surface area contributed by atoms with E-state index in [0.29, 0.717) is 23.4 Å². The number of pyridine rings is 1. The lowest BCUT2D eigenvalue weighted by atomic mass is 10.2. The fourth-order valence-electron chi connectivity index (χ4n) is 2.64. The van der Waals surface area contributed by atoms with Gasteiger partial charge in [0.15, 0.2) is 0 Å². The van der Waals surface area contributed by atoms with Crippen LogP contribution in [0.3, 0.4) is 0 Å². The zero-order valence-electron chi connectivity index (χ0n) is 15.2. The summed E-state index contributed by atoms with van der Waals surface area (Å²) in [6.45, 7) is 0.331. The van der Waals surface area contributed by atoms with Crippen molar-refractivity contribution >= 4 is 17.5 Å². The summed E-state index contributed by atoms with van der Waals surface area (Å²) in [5.41, 5.74) is 7.11. The van der Waals surface area contributed by atoms with E-state index in [1.54, 1.807) is 19.2 Å². The van der Waals surface area contributed by atoms with E-state index in [0.717, 1.165) is 11.3 Å². The molecule has 0 aliphatic rings. The third-order valence-corrected chi connectivity index (χ3v) is 4.18. The van der Waals surface area contributed by atoms with Gasteiger partial charge in [-0.15, -0.1) is 0 Å². The van der Waals surface area contributed by atoms with Crippen molar-refractivity contribution in [2.24, 2.45) is 5.73 Å². The van der Waals surface area contributed by atoms with E-state index in [1.165, 1.54) is 35.0 Å². The van der Waals surface area contributed by atoms with Crippen LogP contribution < -0.4 is 21.3 Å². The standard InChI is InChI=1S/C21H19N3O4/c1-28-18-9-2-14(3-10-18)12-24-13-16(6-11-19(24)25)21(27)23-17-7-4-15(5-8-17)20(22)26/h2-11,13H,12H2,1H3,(H2,22,26)(H,23,27). The minimum atomic E-state index is -0.538. The molecule has 3 rings (SSSR count). The Labute approximate surface area is 161 Å². The Bertz CT molecular complexity index is 1050. The number of anilines is 1. The van der Waals surface area contributed by atoms with Gasteiger partial charge in [0.25, 0.3) is 11.5 Å². The molecular weight excluding hydrogens is 358 g/mol. The van der Waals surface area contributed by atoms with Crippen LogP contribution >= 0.6 is 0 Å². The lowest BCUT2D eigenvalue weighted by molar-refractivity contribution is 0.0998. The van der Waals surface area contributed by atoms with E-state index in [-0.39, 0.29) is 11.5 Å². The minimum absolute atomic E-state index is 0.210. The van der Waals surface area contributed by atoms with Crippen molar-refractivity contribution in [3.8, 4) is 5.75 Å². The Hall–Kier alpha value is -3.87. The first-order valence-corrected chi connectivity index (χ1v) is 8.51. The second-order valence-corrected chi connectivity index (χ2v) is 6.13. The van der Waals surface area contributed by atoms with Crippen LogP contribution in [-0.4, -0.2) is 23.5 Å². The molecule has 3 N–H and O–H groups in total. The molecule has 142 valence electrons. The first-order valence-electron chi connectivity index (χ1n) is 8.51. The molecule has 0 saturated carbocycles. The normalized spacial score (nSPS) is 10.3. The Balaban J connectivity index is 1.76. The average Bonchev–Trinajstić information content (AvgIpc) is 2.70. The highest BCUT2D eigenvalue weighted by atomic mass is 16.5. The van der Waals surface area contributed by atoms with Crippen LogP contribution in [0.25, 0.3) is 0 Å². The van der Waals surface area contributed by atoms with Gasteiger partial charge < -0.3 is 20.4 Å². The molecular formula is C21H19N3O4. The summed E-state index contributed by atoms with van der Waals surface area (Å²) in [6.07, 6.45) is 1.51. The van der Waals surface area contributed by atoms with Crippen molar-refractivity contribution in [3.05, 3.63) is 93.9 Å². The molecule has 0 bridgehead atoms. The van der Waals surface area contributed by atoms with E-state index in [2.05, 4.69) is 5.32 Å². The SMILES string of the molecule is COc1ccc(Cn2cc(C(=O)Nc3ccc(C(N)=O)cc3)ccc2=O)cc1. The van der Waals surface area contributed by atoms with E-state index in [9.17, 15) is 14.4 Å². The third kappa shape index (κ3) is 4.45. The number of nitrogens with one attached hydrogen (secondary N) is 1. The summed E-state index contributed by atoms with van der Waals surface area (Å²) < 4.78 is 6.59. The Morgan fingerprint density at radius 2 is 1.61 bits per heavy atom. The van der Waals surface area contributed by atoms with Crippen LogP contribution in [0.5, 0.6) is 5.75 Å². The van der Waals surface area contributed by atoms with Gasteiger partial charge in [-0.05, 0) is 48.0 Å². The maximum Gasteiger partial charge on any atom is 0.257 e. The fourth-order valence-corrected chi connectivity index (χ4v) is 2.64. The number of nitrogens with zero attached hydrogens (tertiary/aromatic N) is 1. The molecule has 1 heterocycles. The number of hydrogen-bond acceptors (Lipinski definition) is 4. The molecule has 0 unspecified atom stereocenters. The van der Waals surface area contributed by atoms with Crippen molar-refractivity contribution in [2.45, 2.75) is 6.54 Å². The molecule has 7 heteroatoms. The average molecular weight is 377 g/mol. The van der Waals surface area contributed by atoms with Crippen molar-refractivity contribution < 1.29 is 14.3 Å². The van der Waals surface area contributed by atoms with Crippen LogP contribution in [0.1, 0.15) is 26.3 Å². The summed E-state index contributed by atoms with van der Waals surface area (Å²) in [4.78, 5) is 35.7. The van der Waals surface area contributed by atoms with Crippen LogP contribution in [-0.2, 0) is 6.54 Å². The van der Waals surface area contributed by atoms with E-state index >= 15 is 0 Å². The number of hydrogen-bond donors (Lipinski definition) is 2. The van der Waals surface area contributed by atoms with Gasteiger partial charge in [0.05, 0.1) is 19.2 Å². The minimum Gasteiger partial charge on any atom is -0.497 e. The van der Waals surface area contributed by atoms with Crippen LogP contribution in [0, 0.1) is 0 Å². The number of nitrogens with two attached hydrogens (primary N) is 1. The van der Waals surface area contributed by atoms with Crippen molar-refractivity contribution in [3.63, 3.8) is 0 Å². The van der Waals surface area contributed by atoms with Crippen molar-refractivity contribution in [1.29, 1.82) is 0 Å². The molecule has 0 aliphatic carbocycles. The highest BCUT2D eigenvalue weighted by Crippen LogP contribution is 2.13. The second kappa shape index (κ2) is 8.22. The highest BCUT2D eigenvalue weighted by Gasteiger charge is 2.09. The van der Waals surface area contributed by atoms with Crippen LogP contribution in [0.2, 0.25) is 0 Å². The van der Waals surface area contributed by atoms with Gasteiger partial charge in [-0.1, -0.05) is 12.1 Å². The lowest BCUT2D eigenvalue weighted by Gasteiger charge is -2.10. The summed E-state index contributed by atoms with van der Waals surface area (Å²) in [5.74, 6) is -0.176. The first-order chi connectivity index (χ1) is 13.5.